The van der Waals surface area contributed by atoms with Crippen LogP contribution in [0.2, 0.25) is 0 Å². The third kappa shape index (κ3) is 4.16. The van der Waals surface area contributed by atoms with Crippen molar-refractivity contribution >= 4 is 49.9 Å². The summed E-state index contributed by atoms with van der Waals surface area (Å²) < 4.78 is 4.63. The summed E-state index contributed by atoms with van der Waals surface area (Å²) in [6, 6.07) is 19.0. The summed E-state index contributed by atoms with van der Waals surface area (Å²) in [6.45, 7) is 0. The molecule has 4 rings (SSSR count). The fourth-order valence-corrected chi connectivity index (χ4v) is 4.06. The molecule has 4 heteroatoms. The number of carbonyl (C=O) groups excluding carboxylic acids is 2. The lowest BCUT2D eigenvalue weighted by atomic mass is 9.94. The molecule has 4 aromatic rings. The van der Waals surface area contributed by atoms with Crippen molar-refractivity contribution in [3.63, 3.8) is 0 Å². The summed E-state index contributed by atoms with van der Waals surface area (Å²) in [5.74, 6) is -0.136. The lowest BCUT2D eigenvalue weighted by Crippen LogP contribution is -2.11. The number of benzene rings is 4. The van der Waals surface area contributed by atoms with Gasteiger partial charge >= 0.3 is 5.97 Å². The number of anilines is 1. The first kappa shape index (κ1) is 19.2. The number of amides is 1. The highest BCUT2D eigenvalue weighted by atomic mass is 16.5. The minimum Gasteiger partial charge on any atom is -0.469 e. The van der Waals surface area contributed by atoms with E-state index in [-0.39, 0.29) is 11.9 Å². The van der Waals surface area contributed by atoms with E-state index in [0.717, 1.165) is 42.1 Å². The number of nitrogens with one attached hydrogen (secondary N) is 1. The van der Waals surface area contributed by atoms with Crippen LogP contribution in [0.5, 0.6) is 0 Å². The molecule has 148 valence electrons. The molecule has 0 radical (unpaired) electrons. The van der Waals surface area contributed by atoms with Crippen molar-refractivity contribution in [3.05, 3.63) is 54.6 Å². The van der Waals surface area contributed by atoms with Crippen molar-refractivity contribution in [1.29, 1.82) is 0 Å². The number of rotatable bonds is 8. The van der Waals surface area contributed by atoms with E-state index in [0.29, 0.717) is 12.8 Å². The normalized spacial score (nSPS) is 11.3. The van der Waals surface area contributed by atoms with Crippen molar-refractivity contribution in [1.82, 2.24) is 0 Å². The summed E-state index contributed by atoms with van der Waals surface area (Å²) in [4.78, 5) is 23.4. The lowest BCUT2D eigenvalue weighted by molar-refractivity contribution is -0.140. The summed E-state index contributed by atoms with van der Waals surface area (Å²) in [5.41, 5.74) is 0.839. The van der Waals surface area contributed by atoms with E-state index in [9.17, 15) is 9.59 Å². The van der Waals surface area contributed by atoms with Gasteiger partial charge in [0.25, 0.3) is 0 Å². The van der Waals surface area contributed by atoms with Crippen LogP contribution in [0.3, 0.4) is 0 Å². The maximum absolute atomic E-state index is 12.4. The largest absolute Gasteiger partial charge is 0.469 e. The minimum atomic E-state index is -0.169. The van der Waals surface area contributed by atoms with Crippen molar-refractivity contribution in [2.24, 2.45) is 0 Å². The number of methoxy groups -OCH3 is 1. The molecule has 0 aliphatic heterocycles. The highest BCUT2D eigenvalue weighted by Gasteiger charge is 2.10. The Morgan fingerprint density at radius 1 is 0.759 bits per heavy atom. The monoisotopic (exact) mass is 387 g/mol. The Labute approximate surface area is 170 Å². The van der Waals surface area contributed by atoms with E-state index >= 15 is 0 Å². The zero-order valence-electron chi connectivity index (χ0n) is 16.7. The highest BCUT2D eigenvalue weighted by Crippen LogP contribution is 2.36. The first-order chi connectivity index (χ1) is 14.2. The molecule has 0 saturated heterocycles. The number of carbonyl (C=O) groups is 2. The predicted octanol–water partition coefficient (Wildman–Crippen LogP) is 6.04. The standard InChI is InChI=1S/C25H25NO3/c1-29-23(28)10-5-3-2-4-9-22(27)26-21-15-19-13-11-17-7-6-8-18-12-14-20(16-21)25(19)24(17)18/h6-8,11-16H,2-5,9-10H2,1H3,(H,26,27). The lowest BCUT2D eigenvalue weighted by Gasteiger charge is -2.13. The van der Waals surface area contributed by atoms with Crippen LogP contribution in [0.25, 0.3) is 32.3 Å². The fourth-order valence-electron chi connectivity index (χ4n) is 4.06. The molecule has 0 spiro atoms. The molecule has 1 amide bonds. The van der Waals surface area contributed by atoms with Gasteiger partial charge in [0.05, 0.1) is 7.11 Å². The van der Waals surface area contributed by atoms with E-state index in [1.165, 1.54) is 28.7 Å². The van der Waals surface area contributed by atoms with Crippen LogP contribution >= 0.6 is 0 Å². The Morgan fingerprint density at radius 3 is 1.93 bits per heavy atom. The summed E-state index contributed by atoms with van der Waals surface area (Å²) in [5, 5.41) is 10.4. The first-order valence-electron chi connectivity index (χ1n) is 10.2. The molecule has 4 nitrogen and oxygen atoms in total. The van der Waals surface area contributed by atoms with Crippen molar-refractivity contribution in [3.8, 4) is 0 Å². The Balaban J connectivity index is 1.41. The highest BCUT2D eigenvalue weighted by molar-refractivity contribution is 6.23. The van der Waals surface area contributed by atoms with E-state index in [1.807, 2.05) is 0 Å². The fraction of sp³-hybridized carbons (Fsp3) is 0.280. The second-order valence-corrected chi connectivity index (χ2v) is 7.55. The predicted molar refractivity (Wildman–Crippen MR) is 118 cm³/mol. The molecule has 1 N–H and O–H groups in total. The van der Waals surface area contributed by atoms with Crippen LogP contribution < -0.4 is 5.32 Å². The molecular weight excluding hydrogens is 362 g/mol. The molecule has 0 unspecified atom stereocenters. The van der Waals surface area contributed by atoms with Crippen LogP contribution in [0, 0.1) is 0 Å². The molecule has 0 saturated carbocycles. The summed E-state index contributed by atoms with van der Waals surface area (Å²) in [7, 11) is 1.41. The van der Waals surface area contributed by atoms with Crippen LogP contribution in [-0.4, -0.2) is 19.0 Å². The van der Waals surface area contributed by atoms with Crippen molar-refractivity contribution < 1.29 is 14.3 Å². The average molecular weight is 387 g/mol. The molecule has 0 fully saturated rings. The SMILES string of the molecule is COC(=O)CCCCCCC(=O)Nc1cc2ccc3cccc4ccc(c1)c2c34. The van der Waals surface area contributed by atoms with Crippen LogP contribution in [0.15, 0.2) is 54.6 Å². The Bertz CT molecular complexity index is 1100. The molecule has 0 bridgehead atoms. The first-order valence-corrected chi connectivity index (χ1v) is 10.2. The third-order valence-electron chi connectivity index (χ3n) is 5.51. The second-order valence-electron chi connectivity index (χ2n) is 7.55. The second kappa shape index (κ2) is 8.48. The molecule has 4 aromatic carbocycles. The number of hydrogen-bond donors (Lipinski definition) is 1. The molecule has 29 heavy (non-hydrogen) atoms. The van der Waals surface area contributed by atoms with E-state index in [1.54, 1.807) is 0 Å². The van der Waals surface area contributed by atoms with Gasteiger partial charge in [0.1, 0.15) is 0 Å². The zero-order chi connectivity index (χ0) is 20.2. The van der Waals surface area contributed by atoms with Crippen LogP contribution in [0.1, 0.15) is 38.5 Å². The van der Waals surface area contributed by atoms with Gasteiger partial charge in [0.2, 0.25) is 5.91 Å². The van der Waals surface area contributed by atoms with Gasteiger partial charge in [-0.3, -0.25) is 9.59 Å². The van der Waals surface area contributed by atoms with Crippen molar-refractivity contribution in [2.45, 2.75) is 38.5 Å². The van der Waals surface area contributed by atoms with Gasteiger partial charge in [-0.25, -0.2) is 0 Å². The zero-order valence-corrected chi connectivity index (χ0v) is 16.7. The van der Waals surface area contributed by atoms with Gasteiger partial charge in [-0.05, 0) is 57.3 Å². The third-order valence-corrected chi connectivity index (χ3v) is 5.51. The number of esters is 1. The number of unbranched alkanes of at least 4 members (excludes halogenated alkanes) is 3. The van der Waals surface area contributed by atoms with Crippen LogP contribution in [-0.2, 0) is 14.3 Å². The van der Waals surface area contributed by atoms with Gasteiger partial charge < -0.3 is 10.1 Å². The van der Waals surface area contributed by atoms with Crippen molar-refractivity contribution in [2.75, 3.05) is 12.4 Å². The molecule has 0 aliphatic carbocycles. The Kier molecular flexibility index (Phi) is 5.61. The van der Waals surface area contributed by atoms with E-state index < -0.39 is 0 Å². The topological polar surface area (TPSA) is 55.4 Å². The quantitative estimate of drug-likeness (QED) is 0.228. The Hall–Kier alpha value is -3.14. The van der Waals surface area contributed by atoms with Gasteiger partial charge in [-0.2, -0.15) is 0 Å². The molecule has 0 aliphatic rings. The summed E-state index contributed by atoms with van der Waals surface area (Å²) >= 11 is 0. The van der Waals surface area contributed by atoms with E-state index in [4.69, 9.17) is 0 Å². The smallest absolute Gasteiger partial charge is 0.305 e. The maximum atomic E-state index is 12.4. The van der Waals surface area contributed by atoms with E-state index in [2.05, 4.69) is 64.7 Å². The number of ether oxygens (including phenoxy) is 1. The van der Waals surface area contributed by atoms with Gasteiger partial charge in [-0.15, -0.1) is 0 Å². The molecular formula is C25H25NO3. The number of hydrogen-bond acceptors (Lipinski definition) is 3. The van der Waals surface area contributed by atoms with Gasteiger partial charge in [-0.1, -0.05) is 55.3 Å². The summed E-state index contributed by atoms with van der Waals surface area (Å²) in [6.07, 6.45) is 4.44. The molecule has 0 aromatic heterocycles. The maximum Gasteiger partial charge on any atom is 0.305 e. The average Bonchev–Trinajstić information content (AvgIpc) is 2.74. The molecule has 0 heterocycles. The van der Waals surface area contributed by atoms with Crippen LogP contribution in [0.4, 0.5) is 5.69 Å². The molecule has 0 atom stereocenters. The Morgan fingerprint density at radius 2 is 1.31 bits per heavy atom. The van der Waals surface area contributed by atoms with Gasteiger partial charge in [0, 0.05) is 18.5 Å². The minimum absolute atomic E-state index is 0.0331. The van der Waals surface area contributed by atoms with Gasteiger partial charge in [0.15, 0.2) is 0 Å².